The van der Waals surface area contributed by atoms with Crippen molar-refractivity contribution >= 4 is 15.9 Å². The van der Waals surface area contributed by atoms with Crippen LogP contribution in [0.25, 0.3) is 0 Å². The van der Waals surface area contributed by atoms with Gasteiger partial charge in [0.15, 0.2) is 0 Å². The first-order valence-corrected chi connectivity index (χ1v) is 6.15. The Morgan fingerprint density at radius 3 is 2.86 bits per heavy atom. The van der Waals surface area contributed by atoms with Crippen LogP contribution in [0.4, 0.5) is 0 Å². The molecule has 1 heterocycles. The minimum Gasteiger partial charge on any atom is -0.298 e. The predicted octanol–water partition coefficient (Wildman–Crippen LogP) is 2.03. The summed E-state index contributed by atoms with van der Waals surface area (Å²) >= 11 is 3.45. The van der Waals surface area contributed by atoms with Gasteiger partial charge in [0.1, 0.15) is 0 Å². The number of hydrogen-bond donors (Lipinski definition) is 0. The van der Waals surface area contributed by atoms with Crippen LogP contribution in [0.5, 0.6) is 0 Å². The standard InChI is InChI=1S/C10H18BrN3/c1-3-14(7-4-6-11)9-10-5-8-13(2)12-10/h5,8H,3-4,6-7,9H2,1-2H3. The Bertz CT molecular complexity index is 260. The minimum atomic E-state index is 0.963. The number of aryl methyl sites for hydroxylation is 1. The molecule has 0 fully saturated rings. The normalized spacial score (nSPS) is 11.1. The first kappa shape index (κ1) is 11.7. The van der Waals surface area contributed by atoms with Crippen LogP contribution in [-0.2, 0) is 13.6 Å². The van der Waals surface area contributed by atoms with Crippen LogP contribution in [0.2, 0.25) is 0 Å². The van der Waals surface area contributed by atoms with Gasteiger partial charge in [0.25, 0.3) is 0 Å². The third-order valence-corrected chi connectivity index (χ3v) is 2.77. The first-order valence-electron chi connectivity index (χ1n) is 5.03. The van der Waals surface area contributed by atoms with Gasteiger partial charge in [-0.15, -0.1) is 0 Å². The van der Waals surface area contributed by atoms with E-state index in [1.807, 2.05) is 17.9 Å². The summed E-state index contributed by atoms with van der Waals surface area (Å²) in [5, 5.41) is 5.44. The molecule has 0 saturated carbocycles. The molecule has 1 aromatic rings. The van der Waals surface area contributed by atoms with E-state index in [0.29, 0.717) is 0 Å². The number of hydrogen-bond acceptors (Lipinski definition) is 2. The van der Waals surface area contributed by atoms with E-state index >= 15 is 0 Å². The Hall–Kier alpha value is -0.350. The van der Waals surface area contributed by atoms with Crippen molar-refractivity contribution in [1.29, 1.82) is 0 Å². The molecule has 0 aliphatic heterocycles. The fourth-order valence-corrected chi connectivity index (χ4v) is 1.66. The summed E-state index contributed by atoms with van der Waals surface area (Å²) < 4.78 is 1.85. The molecule has 14 heavy (non-hydrogen) atoms. The van der Waals surface area contributed by atoms with Gasteiger partial charge in [-0.25, -0.2) is 0 Å². The monoisotopic (exact) mass is 259 g/mol. The lowest BCUT2D eigenvalue weighted by molar-refractivity contribution is 0.277. The molecule has 0 aliphatic carbocycles. The number of aromatic nitrogens is 2. The van der Waals surface area contributed by atoms with Crippen LogP contribution in [0, 0.1) is 0 Å². The average molecular weight is 260 g/mol. The van der Waals surface area contributed by atoms with E-state index in [-0.39, 0.29) is 0 Å². The van der Waals surface area contributed by atoms with Crippen LogP contribution < -0.4 is 0 Å². The van der Waals surface area contributed by atoms with Gasteiger partial charge in [0.2, 0.25) is 0 Å². The topological polar surface area (TPSA) is 21.1 Å². The average Bonchev–Trinajstić information content (AvgIpc) is 2.58. The molecular weight excluding hydrogens is 242 g/mol. The molecule has 0 bridgehead atoms. The van der Waals surface area contributed by atoms with E-state index in [1.54, 1.807) is 0 Å². The molecule has 4 heteroatoms. The Morgan fingerprint density at radius 2 is 2.36 bits per heavy atom. The predicted molar refractivity (Wildman–Crippen MR) is 62.6 cm³/mol. The molecule has 80 valence electrons. The summed E-state index contributed by atoms with van der Waals surface area (Å²) in [6.45, 7) is 5.38. The van der Waals surface area contributed by atoms with Crippen LogP contribution in [0.15, 0.2) is 12.3 Å². The smallest absolute Gasteiger partial charge is 0.0764 e. The van der Waals surface area contributed by atoms with Gasteiger partial charge < -0.3 is 0 Å². The molecule has 0 N–H and O–H groups in total. The molecule has 0 radical (unpaired) electrons. The van der Waals surface area contributed by atoms with Gasteiger partial charge in [-0.3, -0.25) is 9.58 Å². The van der Waals surface area contributed by atoms with Crippen molar-refractivity contribution < 1.29 is 0 Å². The summed E-state index contributed by atoms with van der Waals surface area (Å²) in [5.74, 6) is 0. The van der Waals surface area contributed by atoms with Crippen molar-refractivity contribution in [3.63, 3.8) is 0 Å². The summed E-state index contributed by atoms with van der Waals surface area (Å²) in [6.07, 6.45) is 3.19. The zero-order valence-corrected chi connectivity index (χ0v) is 10.5. The quantitative estimate of drug-likeness (QED) is 0.730. The van der Waals surface area contributed by atoms with Gasteiger partial charge in [-0.2, -0.15) is 5.10 Å². The van der Waals surface area contributed by atoms with Crippen molar-refractivity contribution in [3.05, 3.63) is 18.0 Å². The Kier molecular flexibility index (Phi) is 5.19. The highest BCUT2D eigenvalue weighted by molar-refractivity contribution is 9.09. The third kappa shape index (κ3) is 3.80. The van der Waals surface area contributed by atoms with E-state index in [4.69, 9.17) is 0 Å². The maximum Gasteiger partial charge on any atom is 0.0764 e. The van der Waals surface area contributed by atoms with E-state index < -0.39 is 0 Å². The summed E-state index contributed by atoms with van der Waals surface area (Å²) in [7, 11) is 1.96. The Labute approximate surface area is 94.2 Å². The largest absolute Gasteiger partial charge is 0.298 e. The molecule has 3 nitrogen and oxygen atoms in total. The molecule has 1 rings (SSSR count). The summed E-state index contributed by atoms with van der Waals surface area (Å²) in [5.41, 5.74) is 1.16. The molecule has 0 spiro atoms. The molecule has 0 aliphatic rings. The van der Waals surface area contributed by atoms with E-state index in [0.717, 1.165) is 30.7 Å². The fraction of sp³-hybridized carbons (Fsp3) is 0.700. The van der Waals surface area contributed by atoms with Gasteiger partial charge in [-0.05, 0) is 25.6 Å². The van der Waals surface area contributed by atoms with Crippen molar-refractivity contribution in [1.82, 2.24) is 14.7 Å². The second-order valence-electron chi connectivity index (χ2n) is 3.39. The van der Waals surface area contributed by atoms with E-state index in [1.165, 1.54) is 6.42 Å². The van der Waals surface area contributed by atoms with Crippen LogP contribution >= 0.6 is 15.9 Å². The molecule has 0 atom stereocenters. The van der Waals surface area contributed by atoms with Crippen LogP contribution in [-0.4, -0.2) is 33.1 Å². The highest BCUT2D eigenvalue weighted by Gasteiger charge is 2.04. The Morgan fingerprint density at radius 1 is 1.57 bits per heavy atom. The first-order chi connectivity index (χ1) is 6.76. The van der Waals surface area contributed by atoms with E-state index in [9.17, 15) is 0 Å². The summed E-state index contributed by atoms with van der Waals surface area (Å²) in [4.78, 5) is 2.41. The highest BCUT2D eigenvalue weighted by atomic mass is 79.9. The lowest BCUT2D eigenvalue weighted by atomic mass is 10.3. The number of rotatable bonds is 6. The molecule has 0 saturated heterocycles. The van der Waals surface area contributed by atoms with Crippen LogP contribution in [0.3, 0.4) is 0 Å². The Balaban J connectivity index is 2.40. The van der Waals surface area contributed by atoms with Crippen LogP contribution in [0.1, 0.15) is 19.0 Å². The molecular formula is C10H18BrN3. The molecule has 0 unspecified atom stereocenters. The fourth-order valence-electron chi connectivity index (χ4n) is 1.41. The van der Waals surface area contributed by atoms with Crippen molar-refractivity contribution in [2.45, 2.75) is 19.9 Å². The van der Waals surface area contributed by atoms with Gasteiger partial charge >= 0.3 is 0 Å². The lowest BCUT2D eigenvalue weighted by Crippen LogP contribution is -2.24. The SMILES string of the molecule is CCN(CCCBr)Cc1ccn(C)n1. The second-order valence-corrected chi connectivity index (χ2v) is 4.19. The number of halogens is 1. The molecule has 0 amide bonds. The van der Waals surface area contributed by atoms with Crippen molar-refractivity contribution in [2.75, 3.05) is 18.4 Å². The van der Waals surface area contributed by atoms with E-state index in [2.05, 4.69) is 38.9 Å². The highest BCUT2D eigenvalue weighted by Crippen LogP contribution is 2.02. The maximum atomic E-state index is 4.37. The number of alkyl halides is 1. The van der Waals surface area contributed by atoms with Crippen molar-refractivity contribution in [2.24, 2.45) is 7.05 Å². The molecule has 1 aromatic heterocycles. The third-order valence-electron chi connectivity index (χ3n) is 2.21. The van der Waals surface area contributed by atoms with Gasteiger partial charge in [-0.1, -0.05) is 22.9 Å². The number of nitrogens with zero attached hydrogens (tertiary/aromatic N) is 3. The minimum absolute atomic E-state index is 0.963. The zero-order valence-electron chi connectivity index (χ0n) is 8.91. The maximum absolute atomic E-state index is 4.37. The zero-order chi connectivity index (χ0) is 10.4. The van der Waals surface area contributed by atoms with Gasteiger partial charge in [0, 0.05) is 25.1 Å². The lowest BCUT2D eigenvalue weighted by Gasteiger charge is -2.18. The second kappa shape index (κ2) is 6.19. The van der Waals surface area contributed by atoms with Gasteiger partial charge in [0.05, 0.1) is 5.69 Å². The van der Waals surface area contributed by atoms with Crippen molar-refractivity contribution in [3.8, 4) is 0 Å². The summed E-state index contributed by atoms with van der Waals surface area (Å²) in [6, 6.07) is 2.08. The molecule has 0 aromatic carbocycles.